The van der Waals surface area contributed by atoms with E-state index in [4.69, 9.17) is 9.84 Å². The maximum Gasteiger partial charge on any atom is 0.331 e. The van der Waals surface area contributed by atoms with Crippen LogP contribution in [0.15, 0.2) is 12.2 Å². The molecule has 4 heteroatoms. The van der Waals surface area contributed by atoms with E-state index in [2.05, 4.69) is 41.5 Å². The number of aliphatic carboxylic acids is 1. The highest BCUT2D eigenvalue weighted by Crippen LogP contribution is 2.54. The molecule has 0 aromatic heterocycles. The van der Waals surface area contributed by atoms with Gasteiger partial charge in [-0.3, -0.25) is 0 Å². The Hall–Kier alpha value is -1.32. The molecule has 0 bridgehead atoms. The highest BCUT2D eigenvalue weighted by molar-refractivity contribution is 5.91. The minimum Gasteiger partial charge on any atom is -0.478 e. The van der Waals surface area contributed by atoms with E-state index in [1.807, 2.05) is 0 Å². The highest BCUT2D eigenvalue weighted by atomic mass is 16.6. The minimum atomic E-state index is -1.14. The third kappa shape index (κ3) is 4.11. The van der Waals surface area contributed by atoms with Crippen LogP contribution >= 0.6 is 0 Å². The molecule has 0 aromatic rings. The first-order valence-electron chi connectivity index (χ1n) is 8.04. The van der Waals surface area contributed by atoms with Crippen LogP contribution < -0.4 is 0 Å². The fraction of sp³-hybridized carbons (Fsp3) is 0.778. The van der Waals surface area contributed by atoms with Crippen LogP contribution in [0.5, 0.6) is 0 Å². The van der Waals surface area contributed by atoms with E-state index in [1.165, 1.54) is 0 Å². The van der Waals surface area contributed by atoms with Crippen molar-refractivity contribution in [3.05, 3.63) is 12.2 Å². The molecule has 1 fully saturated rings. The lowest BCUT2D eigenvalue weighted by atomic mass is 9.55. The average Bonchev–Trinajstić information content (AvgIpc) is 2.34. The zero-order valence-corrected chi connectivity index (χ0v) is 14.7. The van der Waals surface area contributed by atoms with Crippen molar-refractivity contribution in [1.29, 1.82) is 0 Å². The monoisotopic (exact) mass is 310 g/mol. The van der Waals surface area contributed by atoms with Crippen LogP contribution in [0.1, 0.15) is 67.2 Å². The van der Waals surface area contributed by atoms with E-state index in [0.717, 1.165) is 37.8 Å². The molecule has 1 aliphatic rings. The van der Waals surface area contributed by atoms with E-state index in [0.29, 0.717) is 0 Å². The van der Waals surface area contributed by atoms with Gasteiger partial charge in [0.1, 0.15) is 5.60 Å². The van der Waals surface area contributed by atoms with Crippen LogP contribution in [-0.4, -0.2) is 22.6 Å². The van der Waals surface area contributed by atoms with Gasteiger partial charge >= 0.3 is 11.9 Å². The Morgan fingerprint density at radius 3 is 2.14 bits per heavy atom. The number of carbonyl (C=O) groups excluding carboxylic acids is 1. The van der Waals surface area contributed by atoms with E-state index in [-0.39, 0.29) is 16.7 Å². The van der Waals surface area contributed by atoms with E-state index >= 15 is 0 Å². The second-order valence-corrected chi connectivity index (χ2v) is 8.40. The number of esters is 1. The lowest BCUT2D eigenvalue weighted by molar-refractivity contribution is -0.200. The third-order valence-electron chi connectivity index (χ3n) is 4.81. The Morgan fingerprint density at radius 2 is 1.68 bits per heavy atom. The molecule has 1 aliphatic carbocycles. The zero-order valence-electron chi connectivity index (χ0n) is 14.7. The highest BCUT2D eigenvalue weighted by Gasteiger charge is 2.55. The molecule has 0 radical (unpaired) electrons. The van der Waals surface area contributed by atoms with Crippen molar-refractivity contribution < 1.29 is 19.4 Å². The van der Waals surface area contributed by atoms with Crippen LogP contribution in [0, 0.1) is 16.7 Å². The van der Waals surface area contributed by atoms with Crippen LogP contribution in [-0.2, 0) is 14.3 Å². The molecule has 2 atom stereocenters. The van der Waals surface area contributed by atoms with Gasteiger partial charge in [-0.15, -0.1) is 0 Å². The summed E-state index contributed by atoms with van der Waals surface area (Å²) >= 11 is 0. The zero-order chi connectivity index (χ0) is 17.2. The van der Waals surface area contributed by atoms with Gasteiger partial charge in [-0.05, 0) is 24.7 Å². The molecule has 0 aromatic carbocycles. The molecule has 4 nitrogen and oxygen atoms in total. The predicted molar refractivity (Wildman–Crippen MR) is 86.5 cm³/mol. The number of hydrogen-bond acceptors (Lipinski definition) is 3. The van der Waals surface area contributed by atoms with E-state index < -0.39 is 17.5 Å². The Morgan fingerprint density at radius 1 is 1.09 bits per heavy atom. The Balaban J connectivity index is 3.19. The lowest BCUT2D eigenvalue weighted by Crippen LogP contribution is -2.57. The first-order valence-corrected chi connectivity index (χ1v) is 8.04. The molecule has 0 heterocycles. The van der Waals surface area contributed by atoms with Crippen molar-refractivity contribution in [2.75, 3.05) is 0 Å². The van der Waals surface area contributed by atoms with Crippen molar-refractivity contribution in [3.8, 4) is 0 Å². The van der Waals surface area contributed by atoms with Crippen LogP contribution in [0.25, 0.3) is 0 Å². The van der Waals surface area contributed by atoms with Crippen molar-refractivity contribution in [2.45, 2.75) is 72.8 Å². The second kappa shape index (κ2) is 6.43. The van der Waals surface area contributed by atoms with Gasteiger partial charge in [-0.1, -0.05) is 48.0 Å². The summed E-state index contributed by atoms with van der Waals surface area (Å²) in [7, 11) is 0. The van der Waals surface area contributed by atoms with Gasteiger partial charge in [-0.25, -0.2) is 9.59 Å². The fourth-order valence-corrected chi connectivity index (χ4v) is 3.80. The summed E-state index contributed by atoms with van der Waals surface area (Å²) in [5, 5.41) is 8.68. The number of hydrogen-bond donors (Lipinski definition) is 1. The average molecular weight is 310 g/mol. The van der Waals surface area contributed by atoms with Gasteiger partial charge in [0.05, 0.1) is 0 Å². The van der Waals surface area contributed by atoms with Crippen molar-refractivity contribution >= 4 is 11.9 Å². The first kappa shape index (κ1) is 18.7. The number of carboxylic acids is 1. The van der Waals surface area contributed by atoms with Crippen LogP contribution in [0.3, 0.4) is 0 Å². The summed E-state index contributed by atoms with van der Waals surface area (Å²) in [6.45, 7) is 12.9. The summed E-state index contributed by atoms with van der Waals surface area (Å²) in [4.78, 5) is 22.8. The molecule has 126 valence electrons. The van der Waals surface area contributed by atoms with Gasteiger partial charge in [0.25, 0.3) is 0 Å². The summed E-state index contributed by atoms with van der Waals surface area (Å²) in [6, 6.07) is 0. The summed E-state index contributed by atoms with van der Waals surface area (Å²) in [5.74, 6) is -1.46. The maximum atomic E-state index is 12.2. The molecule has 0 saturated heterocycles. The topological polar surface area (TPSA) is 63.6 Å². The Kier molecular flexibility index (Phi) is 5.47. The predicted octanol–water partition coefficient (Wildman–Crippen LogP) is 4.19. The molecule has 1 N–H and O–H groups in total. The quantitative estimate of drug-likeness (QED) is 0.627. The fourth-order valence-electron chi connectivity index (χ4n) is 3.80. The largest absolute Gasteiger partial charge is 0.478 e. The SMILES string of the molecule is CC(C)(C)C1CCCCC1(OC(=O)C=CC(=O)O)C(C)(C)C. The molecule has 22 heavy (non-hydrogen) atoms. The van der Waals surface area contributed by atoms with Gasteiger partial charge < -0.3 is 9.84 Å². The van der Waals surface area contributed by atoms with Crippen molar-refractivity contribution in [2.24, 2.45) is 16.7 Å². The summed E-state index contributed by atoms with van der Waals surface area (Å²) < 4.78 is 5.94. The Labute approximate surface area is 133 Å². The summed E-state index contributed by atoms with van der Waals surface area (Å²) in [6.07, 6.45) is 5.88. The minimum absolute atomic E-state index is 0.0183. The molecular weight excluding hydrogens is 280 g/mol. The molecule has 1 rings (SSSR count). The van der Waals surface area contributed by atoms with Crippen LogP contribution in [0.4, 0.5) is 0 Å². The standard InChI is InChI=1S/C18H30O4/c1-16(2,3)13-9-7-8-12-18(13,17(4,5)6)22-15(21)11-10-14(19)20/h10-11,13H,7-9,12H2,1-6H3,(H,19,20). The number of carboxylic acid groups (broad SMARTS) is 1. The van der Waals surface area contributed by atoms with Gasteiger partial charge in [0.2, 0.25) is 0 Å². The molecule has 0 spiro atoms. The molecular formula is C18H30O4. The van der Waals surface area contributed by atoms with E-state index in [9.17, 15) is 9.59 Å². The van der Waals surface area contributed by atoms with Crippen LogP contribution in [0.2, 0.25) is 0 Å². The van der Waals surface area contributed by atoms with E-state index in [1.54, 1.807) is 0 Å². The molecule has 1 saturated carbocycles. The molecule has 0 amide bonds. The number of rotatable bonds is 3. The molecule has 0 aliphatic heterocycles. The van der Waals surface area contributed by atoms with Crippen molar-refractivity contribution in [3.63, 3.8) is 0 Å². The third-order valence-corrected chi connectivity index (χ3v) is 4.81. The Bertz CT molecular complexity index is 451. The first-order chi connectivity index (χ1) is 9.90. The smallest absolute Gasteiger partial charge is 0.331 e. The maximum absolute atomic E-state index is 12.2. The second-order valence-electron chi connectivity index (χ2n) is 8.40. The van der Waals surface area contributed by atoms with Gasteiger partial charge in [-0.2, -0.15) is 0 Å². The number of ether oxygens (including phenoxy) is 1. The van der Waals surface area contributed by atoms with Crippen molar-refractivity contribution in [1.82, 2.24) is 0 Å². The normalized spacial score (nSPS) is 26.9. The van der Waals surface area contributed by atoms with Gasteiger partial charge in [0.15, 0.2) is 0 Å². The molecule has 2 unspecified atom stereocenters. The summed E-state index contributed by atoms with van der Waals surface area (Å²) in [5.41, 5.74) is -0.758. The number of carbonyl (C=O) groups is 2. The van der Waals surface area contributed by atoms with Gasteiger partial charge in [0, 0.05) is 23.5 Å². The lowest BCUT2D eigenvalue weighted by Gasteiger charge is -2.55.